The molecule has 2 aromatic rings. The van der Waals surface area contributed by atoms with Gasteiger partial charge in [0, 0.05) is 48.8 Å². The molecule has 6 nitrogen and oxygen atoms in total. The van der Waals surface area contributed by atoms with Gasteiger partial charge in [-0.3, -0.25) is 9.59 Å². The number of likely N-dealkylation sites (tertiary alicyclic amines) is 1. The van der Waals surface area contributed by atoms with E-state index in [2.05, 4.69) is 42.9 Å². The summed E-state index contributed by atoms with van der Waals surface area (Å²) < 4.78 is 1.97. The first-order valence-electron chi connectivity index (χ1n) is 12.7. The van der Waals surface area contributed by atoms with Crippen molar-refractivity contribution in [1.29, 1.82) is 0 Å². The molecule has 33 heavy (non-hydrogen) atoms. The summed E-state index contributed by atoms with van der Waals surface area (Å²) in [5.74, 6) is 0.483. The van der Waals surface area contributed by atoms with Gasteiger partial charge in [0.2, 0.25) is 5.91 Å². The fraction of sp³-hybridized carbons (Fsp3) is 0.630. The smallest absolute Gasteiger partial charge is 0.254 e. The van der Waals surface area contributed by atoms with Gasteiger partial charge >= 0.3 is 0 Å². The Morgan fingerprint density at radius 2 is 1.97 bits per heavy atom. The third-order valence-corrected chi connectivity index (χ3v) is 8.05. The summed E-state index contributed by atoms with van der Waals surface area (Å²) in [6.45, 7) is 7.50. The number of carbonyl (C=O) groups excluding carboxylic acids is 2. The van der Waals surface area contributed by atoms with E-state index in [9.17, 15) is 9.59 Å². The van der Waals surface area contributed by atoms with Crippen LogP contribution in [0.25, 0.3) is 10.9 Å². The van der Waals surface area contributed by atoms with Crippen LogP contribution in [0.5, 0.6) is 0 Å². The lowest BCUT2D eigenvalue weighted by Gasteiger charge is -2.44. The molecule has 1 aliphatic heterocycles. The van der Waals surface area contributed by atoms with Gasteiger partial charge in [-0.2, -0.15) is 0 Å². The van der Waals surface area contributed by atoms with E-state index in [0.717, 1.165) is 49.6 Å². The van der Waals surface area contributed by atoms with Gasteiger partial charge in [-0.15, -0.1) is 0 Å². The molecule has 6 heteroatoms. The number of hydrogen-bond acceptors (Lipinski definition) is 3. The molecule has 2 heterocycles. The van der Waals surface area contributed by atoms with Gasteiger partial charge in [-0.25, -0.2) is 0 Å². The first kappa shape index (κ1) is 23.8. The molecule has 1 aromatic heterocycles. The van der Waals surface area contributed by atoms with Crippen LogP contribution in [0.1, 0.15) is 69.7 Å². The lowest BCUT2D eigenvalue weighted by molar-refractivity contribution is -0.133. The average Bonchev–Trinajstić information content (AvgIpc) is 3.33. The Hall–Kier alpha value is -2.34. The number of rotatable bonds is 7. The molecule has 180 valence electrons. The van der Waals surface area contributed by atoms with Crippen molar-refractivity contribution in [1.82, 2.24) is 19.7 Å². The number of aromatic nitrogens is 1. The van der Waals surface area contributed by atoms with Gasteiger partial charge in [-0.05, 0) is 65.0 Å². The Morgan fingerprint density at radius 3 is 2.70 bits per heavy atom. The number of aryl methyl sites for hydroxylation is 1. The molecule has 1 unspecified atom stereocenters. The summed E-state index contributed by atoms with van der Waals surface area (Å²) in [6.07, 6.45) is 8.20. The van der Waals surface area contributed by atoms with E-state index in [4.69, 9.17) is 0 Å². The van der Waals surface area contributed by atoms with Crippen molar-refractivity contribution in [2.24, 2.45) is 13.0 Å². The second-order valence-electron chi connectivity index (χ2n) is 10.4. The van der Waals surface area contributed by atoms with Crippen molar-refractivity contribution >= 4 is 22.7 Å². The Morgan fingerprint density at radius 1 is 1.21 bits per heavy atom. The average molecular weight is 453 g/mol. The minimum absolute atomic E-state index is 0.102. The van der Waals surface area contributed by atoms with Gasteiger partial charge < -0.3 is 19.7 Å². The molecule has 0 spiro atoms. The third kappa shape index (κ3) is 4.68. The van der Waals surface area contributed by atoms with E-state index in [1.807, 2.05) is 42.1 Å². The number of fused-ring (bicyclic) bond motifs is 1. The number of hydrogen-bond donors (Lipinski definition) is 1. The van der Waals surface area contributed by atoms with Crippen LogP contribution in [0, 0.1) is 5.92 Å². The number of para-hydroxylation sites is 1. The zero-order valence-corrected chi connectivity index (χ0v) is 20.9. The standard InChI is InChI=1S/C27H40N4O2/c1-6-9-19-16-20(30(5)18(2)3)12-13-24(19)31-15-14-23(27(31)33)28-26(32)22-17-29(4)25-11-8-7-10-21(22)25/h7-8,10-11,17-20,23-24H,6,9,12-16H2,1-5H3,(H,28,32)/t19-,20-,23?,24+/m1/s1. The van der Waals surface area contributed by atoms with E-state index < -0.39 is 6.04 Å². The maximum atomic E-state index is 13.4. The zero-order chi connectivity index (χ0) is 23.7. The number of benzene rings is 1. The number of nitrogens with zero attached hydrogens (tertiary/aromatic N) is 3. The zero-order valence-electron chi connectivity index (χ0n) is 20.9. The molecule has 1 N–H and O–H groups in total. The Bertz CT molecular complexity index is 997. The highest BCUT2D eigenvalue weighted by Gasteiger charge is 2.42. The predicted molar refractivity (Wildman–Crippen MR) is 133 cm³/mol. The van der Waals surface area contributed by atoms with E-state index in [1.54, 1.807) is 0 Å². The summed E-state index contributed by atoms with van der Waals surface area (Å²) in [6, 6.07) is 8.91. The third-order valence-electron chi connectivity index (χ3n) is 8.05. The van der Waals surface area contributed by atoms with Crippen molar-refractivity contribution in [3.8, 4) is 0 Å². The molecule has 2 aliphatic rings. The second kappa shape index (κ2) is 9.88. The quantitative estimate of drug-likeness (QED) is 0.685. The van der Waals surface area contributed by atoms with Crippen LogP contribution in [0.3, 0.4) is 0 Å². The molecule has 1 aromatic carbocycles. The molecule has 1 aliphatic carbocycles. The molecule has 0 radical (unpaired) electrons. The van der Waals surface area contributed by atoms with Crippen molar-refractivity contribution in [3.05, 3.63) is 36.0 Å². The van der Waals surface area contributed by atoms with Gasteiger partial charge in [0.25, 0.3) is 5.91 Å². The van der Waals surface area contributed by atoms with Gasteiger partial charge in [0.15, 0.2) is 0 Å². The molecular weight excluding hydrogens is 412 g/mol. The lowest BCUT2D eigenvalue weighted by Crippen LogP contribution is -2.51. The highest BCUT2D eigenvalue weighted by Crippen LogP contribution is 2.36. The van der Waals surface area contributed by atoms with Crippen molar-refractivity contribution in [3.63, 3.8) is 0 Å². The molecule has 4 rings (SSSR count). The fourth-order valence-electron chi connectivity index (χ4n) is 6.03. The molecule has 0 bridgehead atoms. The van der Waals surface area contributed by atoms with Crippen LogP contribution in [-0.4, -0.2) is 63.9 Å². The molecule has 1 saturated heterocycles. The highest BCUT2D eigenvalue weighted by atomic mass is 16.2. The Balaban J connectivity index is 1.44. The van der Waals surface area contributed by atoms with E-state index in [1.165, 1.54) is 0 Å². The fourth-order valence-corrected chi connectivity index (χ4v) is 6.03. The van der Waals surface area contributed by atoms with E-state index >= 15 is 0 Å². The Labute approximate surface area is 198 Å². The highest BCUT2D eigenvalue weighted by molar-refractivity contribution is 6.08. The summed E-state index contributed by atoms with van der Waals surface area (Å²) >= 11 is 0. The summed E-state index contributed by atoms with van der Waals surface area (Å²) in [5.41, 5.74) is 1.66. The second-order valence-corrected chi connectivity index (χ2v) is 10.4. The molecule has 2 fully saturated rings. The lowest BCUT2D eigenvalue weighted by atomic mass is 9.77. The maximum absolute atomic E-state index is 13.4. The van der Waals surface area contributed by atoms with Crippen molar-refractivity contribution in [2.75, 3.05) is 13.6 Å². The predicted octanol–water partition coefficient (Wildman–Crippen LogP) is 4.19. The Kier molecular flexibility index (Phi) is 7.13. The van der Waals surface area contributed by atoms with Crippen LogP contribution < -0.4 is 5.32 Å². The topological polar surface area (TPSA) is 57.6 Å². The molecule has 4 atom stereocenters. The number of nitrogens with one attached hydrogen (secondary N) is 1. The van der Waals surface area contributed by atoms with Crippen LogP contribution >= 0.6 is 0 Å². The summed E-state index contributed by atoms with van der Waals surface area (Å²) in [7, 11) is 4.18. The van der Waals surface area contributed by atoms with Crippen molar-refractivity contribution in [2.45, 2.75) is 83.5 Å². The van der Waals surface area contributed by atoms with Crippen LogP contribution in [0.15, 0.2) is 30.5 Å². The van der Waals surface area contributed by atoms with E-state index in [-0.39, 0.29) is 11.8 Å². The van der Waals surface area contributed by atoms with Crippen LogP contribution in [-0.2, 0) is 11.8 Å². The van der Waals surface area contributed by atoms with E-state index in [0.29, 0.717) is 36.0 Å². The van der Waals surface area contributed by atoms with Crippen LogP contribution in [0.4, 0.5) is 0 Å². The SMILES string of the molecule is CCC[C@@H]1C[C@H](N(C)C(C)C)CC[C@@H]1N1CCC(NC(=O)c2cn(C)c3ccccc23)C1=O. The largest absolute Gasteiger partial charge is 0.350 e. The summed E-state index contributed by atoms with van der Waals surface area (Å²) in [4.78, 5) is 31.1. The molecular formula is C27H40N4O2. The first-order chi connectivity index (χ1) is 15.8. The summed E-state index contributed by atoms with van der Waals surface area (Å²) in [5, 5.41) is 3.98. The molecule has 1 saturated carbocycles. The first-order valence-corrected chi connectivity index (χ1v) is 12.7. The minimum atomic E-state index is -0.421. The minimum Gasteiger partial charge on any atom is -0.350 e. The monoisotopic (exact) mass is 452 g/mol. The van der Waals surface area contributed by atoms with Crippen LogP contribution in [0.2, 0.25) is 0 Å². The number of amides is 2. The maximum Gasteiger partial charge on any atom is 0.254 e. The van der Waals surface area contributed by atoms with Gasteiger partial charge in [0.1, 0.15) is 6.04 Å². The van der Waals surface area contributed by atoms with Crippen molar-refractivity contribution < 1.29 is 9.59 Å². The normalized spacial score (nSPS) is 26.0. The van der Waals surface area contributed by atoms with Gasteiger partial charge in [0.05, 0.1) is 5.56 Å². The number of carbonyl (C=O) groups is 2. The van der Waals surface area contributed by atoms with Gasteiger partial charge in [-0.1, -0.05) is 31.5 Å². The molecule has 2 amide bonds.